The van der Waals surface area contributed by atoms with Gasteiger partial charge in [0.1, 0.15) is 17.3 Å². The maximum atomic E-state index is 12.9. The van der Waals surface area contributed by atoms with Gasteiger partial charge in [0.2, 0.25) is 0 Å². The maximum absolute atomic E-state index is 12.9. The van der Waals surface area contributed by atoms with Gasteiger partial charge in [0.15, 0.2) is 6.61 Å². The van der Waals surface area contributed by atoms with E-state index in [0.717, 1.165) is 17.0 Å². The van der Waals surface area contributed by atoms with Crippen LogP contribution in [0.4, 0.5) is 5.69 Å². The minimum atomic E-state index is -0.158. The molecule has 3 aromatic rings. The molecule has 0 N–H and O–H groups in total. The Hall–Kier alpha value is -3.21. The third-order valence-electron chi connectivity index (χ3n) is 4.42. The second kappa shape index (κ2) is 8.45. The highest BCUT2D eigenvalue weighted by Crippen LogP contribution is 2.22. The largest absolute Gasteiger partial charge is 0.497 e. The van der Waals surface area contributed by atoms with E-state index in [0.29, 0.717) is 18.1 Å². The molecule has 0 aliphatic heterocycles. The van der Waals surface area contributed by atoms with Crippen molar-refractivity contribution in [1.82, 2.24) is 0 Å². The molecule has 1 heterocycles. The zero-order valence-electron chi connectivity index (χ0n) is 15.8. The van der Waals surface area contributed by atoms with E-state index in [2.05, 4.69) is 0 Å². The van der Waals surface area contributed by atoms with Gasteiger partial charge in [-0.1, -0.05) is 6.07 Å². The lowest BCUT2D eigenvalue weighted by atomic mass is 10.1. The van der Waals surface area contributed by atoms with Crippen LogP contribution in [0.5, 0.6) is 11.5 Å². The minimum Gasteiger partial charge on any atom is -0.497 e. The van der Waals surface area contributed by atoms with Crippen molar-refractivity contribution in [3.05, 3.63) is 77.7 Å². The first kappa shape index (κ1) is 18.6. The van der Waals surface area contributed by atoms with E-state index in [-0.39, 0.29) is 12.5 Å². The number of ether oxygens (including phenoxy) is 2. The summed E-state index contributed by atoms with van der Waals surface area (Å²) in [6.45, 7) is 4.33. The predicted octanol–water partition coefficient (Wildman–Crippen LogP) is 4.52. The summed E-state index contributed by atoms with van der Waals surface area (Å²) < 4.78 is 16.3. The Kier molecular flexibility index (Phi) is 5.81. The number of carbonyl (C=O) groups excluding carboxylic acids is 1. The lowest BCUT2D eigenvalue weighted by molar-refractivity contribution is -0.120. The standard InChI is InChI=1S/C22H23NO4/c1-16-6-9-20(13-17(16)2)27-15-22(24)23(14-21-5-4-12-26-21)18-7-10-19(25-3)11-8-18/h4-13H,14-15H2,1-3H3. The lowest BCUT2D eigenvalue weighted by Crippen LogP contribution is -2.34. The summed E-state index contributed by atoms with van der Waals surface area (Å²) in [5.74, 6) is 1.95. The number of furan rings is 1. The number of benzene rings is 2. The topological polar surface area (TPSA) is 51.9 Å². The summed E-state index contributed by atoms with van der Waals surface area (Å²) in [4.78, 5) is 14.5. The number of aryl methyl sites for hydroxylation is 2. The van der Waals surface area contributed by atoms with Gasteiger partial charge in [-0.3, -0.25) is 4.79 Å². The Morgan fingerprint density at radius 3 is 2.37 bits per heavy atom. The molecule has 0 saturated carbocycles. The lowest BCUT2D eigenvalue weighted by Gasteiger charge is -2.22. The Morgan fingerprint density at radius 2 is 1.74 bits per heavy atom. The number of hydrogen-bond donors (Lipinski definition) is 0. The molecular formula is C22H23NO4. The van der Waals surface area contributed by atoms with Crippen molar-refractivity contribution < 1.29 is 18.7 Å². The minimum absolute atomic E-state index is 0.0603. The van der Waals surface area contributed by atoms with E-state index in [1.807, 2.05) is 62.4 Å². The number of methoxy groups -OCH3 is 1. The van der Waals surface area contributed by atoms with E-state index in [1.165, 1.54) is 5.56 Å². The van der Waals surface area contributed by atoms with Crippen LogP contribution < -0.4 is 14.4 Å². The van der Waals surface area contributed by atoms with Crippen molar-refractivity contribution in [3.8, 4) is 11.5 Å². The van der Waals surface area contributed by atoms with Crippen molar-refractivity contribution in [3.63, 3.8) is 0 Å². The molecule has 140 valence electrons. The fraction of sp³-hybridized carbons (Fsp3) is 0.227. The van der Waals surface area contributed by atoms with Crippen LogP contribution in [0.15, 0.2) is 65.3 Å². The first-order chi connectivity index (χ1) is 13.1. The molecular weight excluding hydrogens is 342 g/mol. The van der Waals surface area contributed by atoms with Gasteiger partial charge < -0.3 is 18.8 Å². The van der Waals surface area contributed by atoms with Crippen molar-refractivity contribution in [2.75, 3.05) is 18.6 Å². The molecule has 0 radical (unpaired) electrons. The van der Waals surface area contributed by atoms with Crippen LogP contribution in [0, 0.1) is 13.8 Å². The molecule has 2 aromatic carbocycles. The van der Waals surface area contributed by atoms with Gasteiger partial charge in [0, 0.05) is 5.69 Å². The van der Waals surface area contributed by atoms with E-state index < -0.39 is 0 Å². The summed E-state index contributed by atoms with van der Waals surface area (Å²) >= 11 is 0. The summed E-state index contributed by atoms with van der Waals surface area (Å²) in [5.41, 5.74) is 3.06. The van der Waals surface area contributed by atoms with E-state index in [9.17, 15) is 4.79 Å². The van der Waals surface area contributed by atoms with Gasteiger partial charge in [-0.05, 0) is 73.5 Å². The molecule has 0 aliphatic rings. The predicted molar refractivity (Wildman–Crippen MR) is 104 cm³/mol. The third kappa shape index (κ3) is 4.70. The average Bonchev–Trinajstić information content (AvgIpc) is 3.20. The summed E-state index contributed by atoms with van der Waals surface area (Å²) in [6.07, 6.45) is 1.59. The second-order valence-electron chi connectivity index (χ2n) is 6.29. The summed E-state index contributed by atoms with van der Waals surface area (Å²) in [5, 5.41) is 0. The van der Waals surface area contributed by atoms with Gasteiger partial charge >= 0.3 is 0 Å². The average molecular weight is 365 g/mol. The Labute approximate surface area is 159 Å². The normalized spacial score (nSPS) is 10.5. The van der Waals surface area contributed by atoms with Crippen LogP contribution in [0.3, 0.4) is 0 Å². The molecule has 0 aliphatic carbocycles. The van der Waals surface area contributed by atoms with Crippen LogP contribution in [-0.4, -0.2) is 19.6 Å². The molecule has 0 unspecified atom stereocenters. The zero-order chi connectivity index (χ0) is 19.2. The highest BCUT2D eigenvalue weighted by Gasteiger charge is 2.18. The van der Waals surface area contributed by atoms with Crippen LogP contribution in [0.25, 0.3) is 0 Å². The molecule has 5 heteroatoms. The van der Waals surface area contributed by atoms with Crippen LogP contribution in [0.2, 0.25) is 0 Å². The first-order valence-corrected chi connectivity index (χ1v) is 8.73. The van der Waals surface area contributed by atoms with Crippen LogP contribution >= 0.6 is 0 Å². The fourth-order valence-electron chi connectivity index (χ4n) is 2.67. The Morgan fingerprint density at radius 1 is 1.00 bits per heavy atom. The van der Waals surface area contributed by atoms with Crippen molar-refractivity contribution >= 4 is 11.6 Å². The number of amides is 1. The molecule has 3 rings (SSSR count). The van der Waals surface area contributed by atoms with Gasteiger partial charge in [-0.2, -0.15) is 0 Å². The molecule has 0 saturated heterocycles. The molecule has 0 atom stereocenters. The smallest absolute Gasteiger partial charge is 0.265 e. The van der Waals surface area contributed by atoms with Crippen molar-refractivity contribution in [2.45, 2.75) is 20.4 Å². The SMILES string of the molecule is COc1ccc(N(Cc2ccco2)C(=O)COc2ccc(C)c(C)c2)cc1. The second-order valence-corrected chi connectivity index (χ2v) is 6.29. The molecule has 0 fully saturated rings. The van der Waals surface area contributed by atoms with Crippen LogP contribution in [0.1, 0.15) is 16.9 Å². The molecule has 5 nitrogen and oxygen atoms in total. The first-order valence-electron chi connectivity index (χ1n) is 8.73. The summed E-state index contributed by atoms with van der Waals surface area (Å²) in [6, 6.07) is 16.8. The Bertz CT molecular complexity index is 885. The van der Waals surface area contributed by atoms with E-state index in [4.69, 9.17) is 13.9 Å². The molecule has 1 aromatic heterocycles. The molecule has 1 amide bonds. The van der Waals surface area contributed by atoms with Gasteiger partial charge in [-0.15, -0.1) is 0 Å². The maximum Gasteiger partial charge on any atom is 0.265 e. The molecule has 27 heavy (non-hydrogen) atoms. The van der Waals surface area contributed by atoms with Crippen molar-refractivity contribution in [2.24, 2.45) is 0 Å². The summed E-state index contributed by atoms with van der Waals surface area (Å²) in [7, 11) is 1.61. The quantitative estimate of drug-likeness (QED) is 0.618. The van der Waals surface area contributed by atoms with Crippen LogP contribution in [-0.2, 0) is 11.3 Å². The zero-order valence-corrected chi connectivity index (χ0v) is 15.8. The number of hydrogen-bond acceptors (Lipinski definition) is 4. The van der Waals surface area contributed by atoms with E-state index in [1.54, 1.807) is 24.3 Å². The third-order valence-corrected chi connectivity index (χ3v) is 4.42. The fourth-order valence-corrected chi connectivity index (χ4v) is 2.67. The monoisotopic (exact) mass is 365 g/mol. The highest BCUT2D eigenvalue weighted by atomic mass is 16.5. The molecule has 0 bridgehead atoms. The highest BCUT2D eigenvalue weighted by molar-refractivity contribution is 5.94. The number of carbonyl (C=O) groups is 1. The van der Waals surface area contributed by atoms with Gasteiger partial charge in [0.05, 0.1) is 19.9 Å². The van der Waals surface area contributed by atoms with Gasteiger partial charge in [-0.25, -0.2) is 0 Å². The molecule has 0 spiro atoms. The number of nitrogens with zero attached hydrogens (tertiary/aromatic N) is 1. The number of anilines is 1. The van der Waals surface area contributed by atoms with Gasteiger partial charge in [0.25, 0.3) is 5.91 Å². The number of rotatable bonds is 7. The van der Waals surface area contributed by atoms with E-state index >= 15 is 0 Å². The Balaban J connectivity index is 1.75. The van der Waals surface area contributed by atoms with Crippen molar-refractivity contribution in [1.29, 1.82) is 0 Å².